The molecule has 3 aromatic carbocycles. The summed E-state index contributed by atoms with van der Waals surface area (Å²) in [5.74, 6) is 0.656. The summed E-state index contributed by atoms with van der Waals surface area (Å²) in [4.78, 5) is 13.5. The van der Waals surface area contributed by atoms with Gasteiger partial charge in [-0.3, -0.25) is 4.79 Å². The molecule has 4 aromatic rings. The smallest absolute Gasteiger partial charge is 0.322 e. The summed E-state index contributed by atoms with van der Waals surface area (Å²) in [6.45, 7) is 9.55. The minimum absolute atomic E-state index is 0.0109. The predicted octanol–water partition coefficient (Wildman–Crippen LogP) is 6.43. The van der Waals surface area contributed by atoms with Gasteiger partial charge < -0.3 is 19.0 Å². The fourth-order valence-corrected chi connectivity index (χ4v) is 5.57. The molecule has 0 radical (unpaired) electrons. The van der Waals surface area contributed by atoms with Crippen LogP contribution in [0.3, 0.4) is 0 Å². The number of carboxylic acids is 1. The first-order chi connectivity index (χ1) is 19.4. The highest BCUT2D eigenvalue weighted by Gasteiger charge is 2.24. The molecule has 11 heteroatoms. The highest BCUT2D eigenvalue weighted by atomic mass is 79.9. The van der Waals surface area contributed by atoms with Crippen molar-refractivity contribution in [2.75, 3.05) is 0 Å². The van der Waals surface area contributed by atoms with Gasteiger partial charge in [0.25, 0.3) is 10.0 Å². The van der Waals surface area contributed by atoms with Crippen LogP contribution >= 0.6 is 15.9 Å². The molecular weight excluding hydrogens is 612 g/mol. The summed E-state index contributed by atoms with van der Waals surface area (Å²) >= 11 is 3.57. The first kappa shape index (κ1) is 30.6. The van der Waals surface area contributed by atoms with Crippen molar-refractivity contribution in [1.29, 1.82) is 0 Å². The van der Waals surface area contributed by atoms with E-state index in [9.17, 15) is 18.3 Å². The molecule has 0 aliphatic rings. The number of sulfonamides is 1. The Morgan fingerprint density at radius 3 is 2.15 bits per heavy atom. The number of aliphatic carboxylic acids is 1. The van der Waals surface area contributed by atoms with Crippen LogP contribution in [0.4, 0.5) is 0 Å². The molecule has 1 atom stereocenters. The number of aryl methyl sites for hydroxylation is 1. The Morgan fingerprint density at radius 2 is 1.59 bits per heavy atom. The van der Waals surface area contributed by atoms with E-state index in [0.717, 1.165) is 37.9 Å². The van der Waals surface area contributed by atoms with Gasteiger partial charge in [0.1, 0.15) is 35.5 Å². The maximum absolute atomic E-state index is 12.6. The Hall–Kier alpha value is -3.38. The standard InChI is InChI=1S/C30H33BrN2O7S/c1-17(2)28(30(34)35)32-33-41(36,37)23-12-8-21(9-13-23)20-6-10-22(11-7-20)38-16-26-19(5)27-25(40-26)15-14-24(31)29(27)39-18(3)4/h6-15,17-18,28,32-33H,16H2,1-5H3,(H,34,35)/t28-/m1/s1. The van der Waals surface area contributed by atoms with Gasteiger partial charge in [0.2, 0.25) is 0 Å². The van der Waals surface area contributed by atoms with Crippen LogP contribution < -0.4 is 19.7 Å². The fraction of sp³-hybridized carbons (Fsp3) is 0.300. The van der Waals surface area contributed by atoms with Gasteiger partial charge in [0.15, 0.2) is 0 Å². The summed E-state index contributed by atoms with van der Waals surface area (Å²) in [6.07, 6.45) is 0.0139. The summed E-state index contributed by atoms with van der Waals surface area (Å²) in [6, 6.07) is 16.5. The second-order valence-corrected chi connectivity index (χ2v) is 12.8. The zero-order valence-corrected chi connectivity index (χ0v) is 25.8. The Kier molecular flexibility index (Phi) is 9.43. The van der Waals surface area contributed by atoms with Crippen molar-refractivity contribution in [2.24, 2.45) is 5.92 Å². The van der Waals surface area contributed by atoms with Crippen molar-refractivity contribution >= 4 is 42.9 Å². The third-order valence-corrected chi connectivity index (χ3v) is 8.36. The number of carboxylic acid groups (broad SMARTS) is 1. The molecule has 0 unspecified atom stereocenters. The lowest BCUT2D eigenvalue weighted by Crippen LogP contribution is -2.50. The summed E-state index contributed by atoms with van der Waals surface area (Å²) in [5.41, 5.74) is 5.76. The molecule has 3 N–H and O–H groups in total. The summed E-state index contributed by atoms with van der Waals surface area (Å²) < 4.78 is 44.2. The van der Waals surface area contributed by atoms with Crippen LogP contribution in [0.1, 0.15) is 39.0 Å². The number of fused-ring (bicyclic) bond motifs is 1. The van der Waals surface area contributed by atoms with Gasteiger partial charge in [0.05, 0.1) is 20.9 Å². The molecule has 0 aliphatic carbocycles. The van der Waals surface area contributed by atoms with E-state index in [1.54, 1.807) is 26.0 Å². The second kappa shape index (κ2) is 12.6. The normalized spacial score (nSPS) is 12.7. The first-order valence-corrected chi connectivity index (χ1v) is 15.4. The monoisotopic (exact) mass is 644 g/mol. The molecule has 0 bridgehead atoms. The van der Waals surface area contributed by atoms with E-state index in [4.69, 9.17) is 13.9 Å². The SMILES string of the molecule is Cc1c(COc2ccc(-c3ccc(S(=O)(=O)NN[C@@H](C(=O)O)C(C)C)cc3)cc2)oc2ccc(Br)c(OC(C)C)c12. The molecule has 0 fully saturated rings. The predicted molar refractivity (Wildman–Crippen MR) is 160 cm³/mol. The van der Waals surface area contributed by atoms with Crippen molar-refractivity contribution in [2.45, 2.75) is 58.3 Å². The Morgan fingerprint density at radius 1 is 0.976 bits per heavy atom. The number of hydrazine groups is 1. The van der Waals surface area contributed by atoms with E-state index in [0.29, 0.717) is 11.5 Å². The van der Waals surface area contributed by atoms with Crippen molar-refractivity contribution in [1.82, 2.24) is 10.3 Å². The van der Waals surface area contributed by atoms with Crippen LogP contribution in [0.2, 0.25) is 0 Å². The highest BCUT2D eigenvalue weighted by Crippen LogP contribution is 2.39. The number of halogens is 1. The number of furan rings is 1. The molecule has 0 spiro atoms. The van der Waals surface area contributed by atoms with Gasteiger partial charge in [-0.25, -0.2) is 13.8 Å². The maximum Gasteiger partial charge on any atom is 0.322 e. The zero-order chi connectivity index (χ0) is 29.9. The Balaban J connectivity index is 1.43. The molecule has 41 heavy (non-hydrogen) atoms. The fourth-order valence-electron chi connectivity index (χ4n) is 4.25. The van der Waals surface area contributed by atoms with Crippen LogP contribution in [0.5, 0.6) is 11.5 Å². The lowest BCUT2D eigenvalue weighted by atomic mass is 10.1. The van der Waals surface area contributed by atoms with E-state index in [-0.39, 0.29) is 23.5 Å². The van der Waals surface area contributed by atoms with Crippen LogP contribution in [-0.4, -0.2) is 31.6 Å². The number of carbonyl (C=O) groups is 1. The third-order valence-electron chi connectivity index (χ3n) is 6.46. The van der Waals surface area contributed by atoms with Crippen LogP contribution in [0.25, 0.3) is 22.1 Å². The summed E-state index contributed by atoms with van der Waals surface area (Å²) in [7, 11) is -3.95. The molecule has 0 aliphatic heterocycles. The quantitative estimate of drug-likeness (QED) is 0.151. The highest BCUT2D eigenvalue weighted by molar-refractivity contribution is 9.10. The van der Waals surface area contributed by atoms with E-state index in [1.165, 1.54) is 12.1 Å². The number of rotatable bonds is 12. The average Bonchev–Trinajstić information content (AvgIpc) is 3.24. The minimum Gasteiger partial charge on any atom is -0.489 e. The second-order valence-electron chi connectivity index (χ2n) is 10.2. The van der Waals surface area contributed by atoms with Gasteiger partial charge in [-0.2, -0.15) is 0 Å². The average molecular weight is 646 g/mol. The van der Waals surface area contributed by atoms with E-state index in [1.807, 2.05) is 57.2 Å². The van der Waals surface area contributed by atoms with Gasteiger partial charge in [-0.05, 0) is 90.1 Å². The van der Waals surface area contributed by atoms with Gasteiger partial charge in [-0.1, -0.05) is 38.1 Å². The molecule has 0 saturated carbocycles. The van der Waals surface area contributed by atoms with Gasteiger partial charge >= 0.3 is 5.97 Å². The Bertz CT molecular complexity index is 1630. The van der Waals surface area contributed by atoms with Crippen LogP contribution in [-0.2, 0) is 21.4 Å². The van der Waals surface area contributed by atoms with E-state index in [2.05, 4.69) is 26.2 Å². The molecule has 218 valence electrons. The minimum atomic E-state index is -3.95. The molecule has 1 heterocycles. The van der Waals surface area contributed by atoms with Crippen molar-refractivity contribution in [3.63, 3.8) is 0 Å². The lowest BCUT2D eigenvalue weighted by molar-refractivity contribution is -0.140. The van der Waals surface area contributed by atoms with Crippen molar-refractivity contribution < 1.29 is 32.2 Å². The molecule has 1 aromatic heterocycles. The Labute approximate surface area is 248 Å². The molecular formula is C30H33BrN2O7S. The van der Waals surface area contributed by atoms with E-state index >= 15 is 0 Å². The first-order valence-electron chi connectivity index (χ1n) is 13.1. The molecule has 0 amide bonds. The van der Waals surface area contributed by atoms with Crippen molar-refractivity contribution in [3.05, 3.63) is 76.5 Å². The lowest BCUT2D eigenvalue weighted by Gasteiger charge is -2.18. The molecule has 0 saturated heterocycles. The largest absolute Gasteiger partial charge is 0.489 e. The van der Waals surface area contributed by atoms with Crippen LogP contribution in [0.15, 0.2) is 74.4 Å². The topological polar surface area (TPSA) is 127 Å². The number of hydrogen-bond acceptors (Lipinski definition) is 7. The number of hydrogen-bond donors (Lipinski definition) is 3. The number of ether oxygens (including phenoxy) is 2. The zero-order valence-electron chi connectivity index (χ0n) is 23.4. The van der Waals surface area contributed by atoms with Crippen LogP contribution in [0, 0.1) is 12.8 Å². The molecule has 4 rings (SSSR count). The van der Waals surface area contributed by atoms with E-state index < -0.39 is 22.0 Å². The number of nitrogens with one attached hydrogen (secondary N) is 2. The number of benzene rings is 3. The third kappa shape index (κ3) is 7.10. The summed E-state index contributed by atoms with van der Waals surface area (Å²) in [5, 5.41) is 10.2. The van der Waals surface area contributed by atoms with Gasteiger partial charge in [0, 0.05) is 5.56 Å². The van der Waals surface area contributed by atoms with Gasteiger partial charge in [-0.15, -0.1) is 4.83 Å². The molecule has 9 nitrogen and oxygen atoms in total. The van der Waals surface area contributed by atoms with Crippen molar-refractivity contribution in [3.8, 4) is 22.6 Å². The maximum atomic E-state index is 12.6.